The van der Waals surface area contributed by atoms with E-state index in [1.54, 1.807) is 7.05 Å². The highest BCUT2D eigenvalue weighted by atomic mass is 16.5. The molecule has 1 saturated carbocycles. The number of hydrogen-bond donors (Lipinski definition) is 2. The topological polar surface area (TPSA) is 126 Å². The molecular formula is C11H16N8O2. The molecule has 2 aromatic heterocycles. The molecule has 2 aromatic rings. The zero-order valence-corrected chi connectivity index (χ0v) is 11.6. The summed E-state index contributed by atoms with van der Waals surface area (Å²) in [6.45, 7) is 0.250. The third-order valence-corrected chi connectivity index (χ3v) is 3.48. The Kier molecular flexibility index (Phi) is 3.75. The maximum absolute atomic E-state index is 11.9. The number of carbonyl (C=O) groups is 1. The SMILES string of the molecule is CN(Cc1noc(C2CCCC2)n1)C(=O)Nc1nn[nH]n1. The van der Waals surface area contributed by atoms with Gasteiger partial charge in [-0.1, -0.05) is 23.1 Å². The third-order valence-electron chi connectivity index (χ3n) is 3.48. The van der Waals surface area contributed by atoms with Crippen LogP contribution in [0, 0.1) is 0 Å². The van der Waals surface area contributed by atoms with Crippen LogP contribution in [0.25, 0.3) is 0 Å². The molecule has 0 atom stereocenters. The van der Waals surface area contributed by atoms with Crippen LogP contribution in [-0.2, 0) is 6.54 Å². The Hall–Kier alpha value is -2.52. The smallest absolute Gasteiger partial charge is 0.324 e. The van der Waals surface area contributed by atoms with Crippen molar-refractivity contribution in [2.75, 3.05) is 12.4 Å². The van der Waals surface area contributed by atoms with Gasteiger partial charge in [-0.3, -0.25) is 5.32 Å². The Labute approximate surface area is 120 Å². The molecule has 10 heteroatoms. The molecule has 0 aliphatic heterocycles. The van der Waals surface area contributed by atoms with Crippen molar-refractivity contribution < 1.29 is 9.32 Å². The Balaban J connectivity index is 1.56. The average molecular weight is 292 g/mol. The van der Waals surface area contributed by atoms with Crippen molar-refractivity contribution in [3.05, 3.63) is 11.7 Å². The first-order chi connectivity index (χ1) is 10.2. The lowest BCUT2D eigenvalue weighted by atomic mass is 10.1. The number of carbonyl (C=O) groups excluding carboxylic acids is 1. The number of tetrazole rings is 1. The molecule has 1 fully saturated rings. The molecule has 1 aliphatic carbocycles. The lowest BCUT2D eigenvalue weighted by molar-refractivity contribution is 0.218. The molecule has 0 unspecified atom stereocenters. The van der Waals surface area contributed by atoms with Gasteiger partial charge in [-0.15, -0.1) is 5.10 Å². The summed E-state index contributed by atoms with van der Waals surface area (Å²) in [5.74, 6) is 1.65. The minimum absolute atomic E-state index is 0.117. The molecule has 0 radical (unpaired) electrons. The molecule has 2 amide bonds. The number of aromatic amines is 1. The average Bonchev–Trinajstić information content (AvgIpc) is 3.20. The van der Waals surface area contributed by atoms with Gasteiger partial charge in [0.2, 0.25) is 5.89 Å². The Morgan fingerprint density at radius 3 is 3.00 bits per heavy atom. The summed E-state index contributed by atoms with van der Waals surface area (Å²) in [4.78, 5) is 17.7. The van der Waals surface area contributed by atoms with Crippen molar-refractivity contribution in [3.63, 3.8) is 0 Å². The van der Waals surface area contributed by atoms with E-state index in [0.717, 1.165) is 12.8 Å². The monoisotopic (exact) mass is 292 g/mol. The summed E-state index contributed by atoms with van der Waals surface area (Å²) in [6.07, 6.45) is 4.59. The van der Waals surface area contributed by atoms with Gasteiger partial charge >= 0.3 is 6.03 Å². The second-order valence-corrected chi connectivity index (χ2v) is 5.05. The van der Waals surface area contributed by atoms with E-state index in [4.69, 9.17) is 4.52 Å². The van der Waals surface area contributed by atoms with Gasteiger partial charge in [0, 0.05) is 13.0 Å². The van der Waals surface area contributed by atoms with Gasteiger partial charge in [-0.2, -0.15) is 10.2 Å². The van der Waals surface area contributed by atoms with Crippen LogP contribution in [0.2, 0.25) is 0 Å². The van der Waals surface area contributed by atoms with Crippen molar-refractivity contribution in [3.8, 4) is 0 Å². The van der Waals surface area contributed by atoms with Crippen molar-refractivity contribution in [2.45, 2.75) is 38.1 Å². The normalized spacial score (nSPS) is 15.3. The Bertz CT molecular complexity index is 589. The number of H-pyrrole nitrogens is 1. The van der Waals surface area contributed by atoms with Crippen molar-refractivity contribution in [1.82, 2.24) is 35.7 Å². The number of rotatable bonds is 4. The second kappa shape index (κ2) is 5.85. The van der Waals surface area contributed by atoms with Crippen LogP contribution in [0.3, 0.4) is 0 Å². The summed E-state index contributed by atoms with van der Waals surface area (Å²) in [6, 6.07) is -0.372. The molecule has 0 bridgehead atoms. The lowest BCUT2D eigenvalue weighted by Gasteiger charge is -2.13. The fraction of sp³-hybridized carbons (Fsp3) is 0.636. The van der Waals surface area contributed by atoms with E-state index in [2.05, 4.69) is 36.1 Å². The standard InChI is InChI=1S/C11H16N8O2/c1-19(11(20)13-10-14-17-18-15-10)6-8-12-9(21-16-8)7-4-2-3-5-7/h7H,2-6H2,1H3,(H2,13,14,15,17,18,20). The predicted molar refractivity (Wildman–Crippen MR) is 70.2 cm³/mol. The fourth-order valence-corrected chi connectivity index (χ4v) is 2.36. The number of aromatic nitrogens is 6. The van der Waals surface area contributed by atoms with Gasteiger partial charge in [0.15, 0.2) is 5.82 Å². The van der Waals surface area contributed by atoms with E-state index in [1.165, 1.54) is 17.7 Å². The summed E-state index contributed by atoms with van der Waals surface area (Å²) < 4.78 is 5.28. The van der Waals surface area contributed by atoms with Crippen LogP contribution in [0.1, 0.15) is 43.3 Å². The number of anilines is 1. The first kappa shape index (κ1) is 13.5. The number of urea groups is 1. The summed E-state index contributed by atoms with van der Waals surface area (Å²) in [5.41, 5.74) is 0. The summed E-state index contributed by atoms with van der Waals surface area (Å²) in [5, 5.41) is 19.3. The van der Waals surface area contributed by atoms with Gasteiger partial charge in [0.25, 0.3) is 5.95 Å². The van der Waals surface area contributed by atoms with Crippen LogP contribution >= 0.6 is 0 Å². The Morgan fingerprint density at radius 1 is 1.48 bits per heavy atom. The first-order valence-electron chi connectivity index (χ1n) is 6.80. The molecule has 10 nitrogen and oxygen atoms in total. The number of hydrogen-bond acceptors (Lipinski definition) is 7. The highest BCUT2D eigenvalue weighted by molar-refractivity contribution is 5.86. The minimum Gasteiger partial charge on any atom is -0.339 e. The molecular weight excluding hydrogens is 276 g/mol. The lowest BCUT2D eigenvalue weighted by Crippen LogP contribution is -2.31. The molecule has 0 aromatic carbocycles. The van der Waals surface area contributed by atoms with Gasteiger partial charge in [0.1, 0.15) is 0 Å². The zero-order valence-electron chi connectivity index (χ0n) is 11.6. The van der Waals surface area contributed by atoms with Crippen LogP contribution in [0.5, 0.6) is 0 Å². The second-order valence-electron chi connectivity index (χ2n) is 5.05. The molecule has 21 heavy (non-hydrogen) atoms. The highest BCUT2D eigenvalue weighted by Crippen LogP contribution is 2.32. The van der Waals surface area contributed by atoms with E-state index in [9.17, 15) is 4.79 Å². The van der Waals surface area contributed by atoms with Crippen molar-refractivity contribution >= 4 is 12.0 Å². The predicted octanol–water partition coefficient (Wildman–Crippen LogP) is 0.904. The molecule has 0 saturated heterocycles. The van der Waals surface area contributed by atoms with Crippen LogP contribution < -0.4 is 5.32 Å². The van der Waals surface area contributed by atoms with E-state index < -0.39 is 0 Å². The zero-order chi connectivity index (χ0) is 14.7. The van der Waals surface area contributed by atoms with Crippen molar-refractivity contribution in [1.29, 1.82) is 0 Å². The summed E-state index contributed by atoms with van der Waals surface area (Å²) in [7, 11) is 1.63. The van der Waals surface area contributed by atoms with Crippen LogP contribution in [0.15, 0.2) is 4.52 Å². The van der Waals surface area contributed by atoms with Gasteiger partial charge in [0.05, 0.1) is 6.54 Å². The molecule has 3 rings (SSSR count). The van der Waals surface area contributed by atoms with Gasteiger partial charge in [-0.05, 0) is 18.1 Å². The molecule has 112 valence electrons. The maximum Gasteiger partial charge on any atom is 0.324 e. The van der Waals surface area contributed by atoms with Gasteiger partial charge in [-0.25, -0.2) is 4.79 Å². The number of nitrogens with zero attached hydrogens (tertiary/aromatic N) is 6. The van der Waals surface area contributed by atoms with Crippen LogP contribution in [0.4, 0.5) is 10.7 Å². The fourth-order valence-electron chi connectivity index (χ4n) is 2.36. The summed E-state index contributed by atoms with van der Waals surface area (Å²) >= 11 is 0. The number of amides is 2. The van der Waals surface area contributed by atoms with E-state index >= 15 is 0 Å². The molecule has 1 aliphatic rings. The quantitative estimate of drug-likeness (QED) is 0.857. The van der Waals surface area contributed by atoms with E-state index in [-0.39, 0.29) is 18.5 Å². The van der Waals surface area contributed by atoms with Crippen LogP contribution in [-0.4, -0.2) is 48.7 Å². The molecule has 0 spiro atoms. The van der Waals surface area contributed by atoms with Crippen molar-refractivity contribution in [2.24, 2.45) is 0 Å². The molecule has 2 N–H and O–H groups in total. The Morgan fingerprint density at radius 2 is 2.29 bits per heavy atom. The largest absolute Gasteiger partial charge is 0.339 e. The third kappa shape index (κ3) is 3.15. The maximum atomic E-state index is 11.9. The first-order valence-corrected chi connectivity index (χ1v) is 6.80. The van der Waals surface area contributed by atoms with E-state index in [0.29, 0.717) is 17.6 Å². The molecule has 2 heterocycles. The highest BCUT2D eigenvalue weighted by Gasteiger charge is 2.23. The van der Waals surface area contributed by atoms with Gasteiger partial charge < -0.3 is 9.42 Å². The number of nitrogens with one attached hydrogen (secondary N) is 2. The van der Waals surface area contributed by atoms with E-state index in [1.807, 2.05) is 0 Å². The minimum atomic E-state index is -0.372.